The SMILES string of the molecule is CC(C)=c1cn[nH]c1=C(C)C. The molecular weight excluding hydrogens is 136 g/mol. The number of rotatable bonds is 0. The summed E-state index contributed by atoms with van der Waals surface area (Å²) in [5.74, 6) is 0. The van der Waals surface area contributed by atoms with Gasteiger partial charge in [0.15, 0.2) is 0 Å². The third kappa shape index (κ3) is 1.50. The third-order valence-electron chi connectivity index (χ3n) is 1.68. The fraction of sp³-hybridized carbons (Fsp3) is 0.444. The molecule has 1 N–H and O–H groups in total. The lowest BCUT2D eigenvalue weighted by atomic mass is 10.2. The van der Waals surface area contributed by atoms with E-state index in [1.54, 1.807) is 0 Å². The van der Waals surface area contributed by atoms with Crippen LogP contribution in [0.25, 0.3) is 11.1 Å². The Balaban J connectivity index is 3.68. The lowest BCUT2D eigenvalue weighted by molar-refractivity contribution is 1.05. The van der Waals surface area contributed by atoms with Crippen molar-refractivity contribution in [3.8, 4) is 0 Å². The lowest BCUT2D eigenvalue weighted by Crippen LogP contribution is -2.25. The van der Waals surface area contributed by atoms with Crippen molar-refractivity contribution in [2.45, 2.75) is 27.7 Å². The van der Waals surface area contributed by atoms with E-state index < -0.39 is 0 Å². The van der Waals surface area contributed by atoms with Gasteiger partial charge in [-0.25, -0.2) is 0 Å². The van der Waals surface area contributed by atoms with Crippen LogP contribution in [0.3, 0.4) is 0 Å². The molecular formula is C9H14N2. The largest absolute Gasteiger partial charge is 0.278 e. The zero-order valence-corrected chi connectivity index (χ0v) is 7.52. The van der Waals surface area contributed by atoms with Crippen LogP contribution in [0.4, 0.5) is 0 Å². The summed E-state index contributed by atoms with van der Waals surface area (Å²) in [4.78, 5) is 0. The molecule has 0 aromatic carbocycles. The highest BCUT2D eigenvalue weighted by atomic mass is 15.1. The molecule has 1 aromatic heterocycles. The second-order valence-electron chi connectivity index (χ2n) is 3.16. The molecule has 1 aromatic rings. The number of aromatic nitrogens is 2. The Hall–Kier alpha value is -1.05. The van der Waals surface area contributed by atoms with Crippen LogP contribution in [-0.2, 0) is 0 Å². The van der Waals surface area contributed by atoms with Gasteiger partial charge < -0.3 is 0 Å². The predicted octanol–water partition coefficient (Wildman–Crippen LogP) is 0.791. The standard InChI is InChI=1S/C9H14N2/c1-6(2)8-5-10-11-9(8)7(3)4/h5,11H,1-4H3. The molecule has 0 bridgehead atoms. The van der Waals surface area contributed by atoms with Crippen molar-refractivity contribution < 1.29 is 0 Å². The first-order valence-electron chi connectivity index (χ1n) is 3.77. The predicted molar refractivity (Wildman–Crippen MR) is 47.3 cm³/mol. The Kier molecular flexibility index (Phi) is 2.13. The first-order chi connectivity index (χ1) is 5.13. The summed E-state index contributed by atoms with van der Waals surface area (Å²) in [5, 5.41) is 9.36. The van der Waals surface area contributed by atoms with Crippen LogP contribution in [0.1, 0.15) is 27.7 Å². The van der Waals surface area contributed by atoms with Gasteiger partial charge in [0.1, 0.15) is 0 Å². The first-order valence-corrected chi connectivity index (χ1v) is 3.77. The number of hydrogen-bond acceptors (Lipinski definition) is 1. The van der Waals surface area contributed by atoms with Crippen molar-refractivity contribution in [2.75, 3.05) is 0 Å². The summed E-state index contributed by atoms with van der Waals surface area (Å²) >= 11 is 0. The van der Waals surface area contributed by atoms with E-state index in [-0.39, 0.29) is 0 Å². The number of nitrogens with zero attached hydrogens (tertiary/aromatic N) is 1. The highest BCUT2D eigenvalue weighted by Gasteiger charge is 1.90. The summed E-state index contributed by atoms with van der Waals surface area (Å²) in [6.45, 7) is 8.36. The van der Waals surface area contributed by atoms with E-state index in [0.29, 0.717) is 0 Å². The van der Waals surface area contributed by atoms with Crippen LogP contribution < -0.4 is 10.6 Å². The molecule has 0 spiro atoms. The van der Waals surface area contributed by atoms with Gasteiger partial charge >= 0.3 is 0 Å². The summed E-state index contributed by atoms with van der Waals surface area (Å²) in [7, 11) is 0. The van der Waals surface area contributed by atoms with Gasteiger partial charge in [0.05, 0.1) is 11.5 Å². The molecule has 1 heterocycles. The minimum atomic E-state index is 1.16. The zero-order valence-electron chi connectivity index (χ0n) is 7.52. The minimum absolute atomic E-state index is 1.16. The Morgan fingerprint density at radius 2 is 1.82 bits per heavy atom. The first kappa shape index (κ1) is 8.05. The van der Waals surface area contributed by atoms with Gasteiger partial charge in [-0.05, 0) is 27.7 Å². The van der Waals surface area contributed by atoms with Crippen molar-refractivity contribution in [3.05, 3.63) is 16.8 Å². The van der Waals surface area contributed by atoms with Crippen molar-refractivity contribution in [2.24, 2.45) is 0 Å². The van der Waals surface area contributed by atoms with E-state index >= 15 is 0 Å². The van der Waals surface area contributed by atoms with Crippen molar-refractivity contribution in [3.63, 3.8) is 0 Å². The fourth-order valence-electron chi connectivity index (χ4n) is 1.05. The topological polar surface area (TPSA) is 28.7 Å². The van der Waals surface area contributed by atoms with Gasteiger partial charge in [-0.15, -0.1) is 0 Å². The van der Waals surface area contributed by atoms with Gasteiger partial charge in [0.25, 0.3) is 0 Å². The van der Waals surface area contributed by atoms with Crippen LogP contribution in [0.2, 0.25) is 0 Å². The quantitative estimate of drug-likeness (QED) is 0.582. The number of H-pyrrole nitrogens is 1. The molecule has 0 unspecified atom stereocenters. The van der Waals surface area contributed by atoms with Crippen LogP contribution in [-0.4, -0.2) is 10.2 Å². The molecule has 1 rings (SSSR count). The smallest absolute Gasteiger partial charge is 0.0636 e. The van der Waals surface area contributed by atoms with Gasteiger partial charge in [0.2, 0.25) is 0 Å². The second-order valence-corrected chi connectivity index (χ2v) is 3.16. The van der Waals surface area contributed by atoms with Gasteiger partial charge in [0, 0.05) is 5.22 Å². The molecule has 0 saturated carbocycles. The van der Waals surface area contributed by atoms with Gasteiger partial charge in [-0.1, -0.05) is 11.1 Å². The van der Waals surface area contributed by atoms with E-state index in [1.165, 1.54) is 16.4 Å². The van der Waals surface area contributed by atoms with Crippen molar-refractivity contribution in [1.29, 1.82) is 0 Å². The maximum Gasteiger partial charge on any atom is 0.0636 e. The van der Waals surface area contributed by atoms with Gasteiger partial charge in [-0.3, -0.25) is 5.10 Å². The van der Waals surface area contributed by atoms with Crippen LogP contribution in [0.15, 0.2) is 6.20 Å². The average molecular weight is 150 g/mol. The van der Waals surface area contributed by atoms with E-state index in [0.717, 1.165) is 5.35 Å². The van der Waals surface area contributed by atoms with Crippen LogP contribution >= 0.6 is 0 Å². The van der Waals surface area contributed by atoms with Crippen molar-refractivity contribution in [1.82, 2.24) is 10.2 Å². The fourth-order valence-corrected chi connectivity index (χ4v) is 1.05. The van der Waals surface area contributed by atoms with E-state index in [2.05, 4.69) is 37.9 Å². The lowest BCUT2D eigenvalue weighted by Gasteiger charge is -1.86. The molecule has 0 aliphatic carbocycles. The molecule has 0 aliphatic heterocycles. The van der Waals surface area contributed by atoms with Crippen LogP contribution in [0.5, 0.6) is 0 Å². The maximum absolute atomic E-state index is 4.00. The number of aromatic amines is 1. The monoisotopic (exact) mass is 150 g/mol. The Morgan fingerprint density at radius 3 is 2.18 bits per heavy atom. The summed E-state index contributed by atoms with van der Waals surface area (Å²) < 4.78 is 0. The highest BCUT2D eigenvalue weighted by molar-refractivity contribution is 5.43. The highest BCUT2D eigenvalue weighted by Crippen LogP contribution is 1.84. The molecule has 0 fully saturated rings. The van der Waals surface area contributed by atoms with Gasteiger partial charge in [-0.2, -0.15) is 5.10 Å². The van der Waals surface area contributed by atoms with Crippen molar-refractivity contribution >= 4 is 11.1 Å². The molecule has 0 radical (unpaired) electrons. The molecule has 0 atom stereocenters. The zero-order chi connectivity index (χ0) is 8.43. The van der Waals surface area contributed by atoms with E-state index in [9.17, 15) is 0 Å². The molecule has 11 heavy (non-hydrogen) atoms. The maximum atomic E-state index is 4.00. The third-order valence-corrected chi connectivity index (χ3v) is 1.68. The Bertz CT molecular complexity index is 315. The van der Waals surface area contributed by atoms with Crippen LogP contribution in [0, 0.1) is 0 Å². The molecule has 0 aliphatic rings. The summed E-state index contributed by atoms with van der Waals surface area (Å²) in [6, 6.07) is 0. The Morgan fingerprint density at radius 1 is 1.18 bits per heavy atom. The average Bonchev–Trinajstić information content (AvgIpc) is 2.32. The normalized spacial score (nSPS) is 9.82. The minimum Gasteiger partial charge on any atom is -0.278 e. The summed E-state index contributed by atoms with van der Waals surface area (Å²) in [5.41, 5.74) is 2.58. The molecule has 0 saturated heterocycles. The Labute approximate surface area is 66.6 Å². The van der Waals surface area contributed by atoms with E-state index in [1.807, 2.05) is 6.20 Å². The summed E-state index contributed by atoms with van der Waals surface area (Å²) in [6.07, 6.45) is 1.87. The number of nitrogens with one attached hydrogen (secondary N) is 1. The molecule has 2 heteroatoms. The second kappa shape index (κ2) is 2.91. The molecule has 0 amide bonds. The number of hydrogen-bond donors (Lipinski definition) is 1. The molecule has 60 valence electrons. The molecule has 2 nitrogen and oxygen atoms in total. The van der Waals surface area contributed by atoms with E-state index in [4.69, 9.17) is 0 Å².